The van der Waals surface area contributed by atoms with Crippen molar-refractivity contribution in [3.63, 3.8) is 0 Å². The molecule has 64 valence electrons. The Morgan fingerprint density at radius 2 is 2.09 bits per heavy atom. The van der Waals surface area contributed by atoms with Gasteiger partial charge in [0, 0.05) is 12.6 Å². The summed E-state index contributed by atoms with van der Waals surface area (Å²) in [5.74, 6) is 0. The summed E-state index contributed by atoms with van der Waals surface area (Å²) in [5, 5.41) is 0. The van der Waals surface area contributed by atoms with E-state index in [1.54, 1.807) is 0 Å². The van der Waals surface area contributed by atoms with E-state index >= 15 is 0 Å². The van der Waals surface area contributed by atoms with Gasteiger partial charge in [0.2, 0.25) is 0 Å². The van der Waals surface area contributed by atoms with E-state index in [1.807, 2.05) is 6.08 Å². The molecule has 0 aliphatic carbocycles. The van der Waals surface area contributed by atoms with Crippen LogP contribution in [0.1, 0.15) is 20.8 Å². The molecule has 0 aliphatic rings. The Bertz CT molecular complexity index is 145. The van der Waals surface area contributed by atoms with Crippen LogP contribution in [0, 0.1) is 0 Å². The van der Waals surface area contributed by atoms with E-state index in [0.717, 1.165) is 6.54 Å². The molecule has 0 aromatic carbocycles. The van der Waals surface area contributed by atoms with Crippen molar-refractivity contribution >= 4 is 0 Å². The van der Waals surface area contributed by atoms with Gasteiger partial charge < -0.3 is 4.90 Å². The van der Waals surface area contributed by atoms with Crippen LogP contribution in [0.3, 0.4) is 0 Å². The molecule has 0 unspecified atom stereocenters. The summed E-state index contributed by atoms with van der Waals surface area (Å²) in [4.78, 5) is 2.30. The number of likely N-dealkylation sites (N-methyl/N-ethyl adjacent to an activating group) is 1. The minimum atomic E-state index is 0.614. The topological polar surface area (TPSA) is 3.24 Å². The Morgan fingerprint density at radius 3 is 2.45 bits per heavy atom. The lowest BCUT2D eigenvalue weighted by molar-refractivity contribution is 0.297. The molecule has 0 aliphatic heterocycles. The average Bonchev–Trinajstić information content (AvgIpc) is 1.87. The summed E-state index contributed by atoms with van der Waals surface area (Å²) in [5.41, 5.74) is 1.36. The fraction of sp³-hybridized carbons (Fsp3) is 0.600. The molecule has 11 heavy (non-hydrogen) atoms. The number of hydrogen-bond donors (Lipinski definition) is 0. The van der Waals surface area contributed by atoms with Crippen molar-refractivity contribution in [1.29, 1.82) is 0 Å². The second-order valence-electron chi connectivity index (χ2n) is 3.26. The Kier molecular flexibility index (Phi) is 4.88. The molecule has 0 atom stereocenters. The lowest BCUT2D eigenvalue weighted by atomic mass is 10.2. The van der Waals surface area contributed by atoms with E-state index in [1.165, 1.54) is 5.57 Å². The SMILES string of the molecule is C=C/C=C(\C)CN(C)C(C)C. The van der Waals surface area contributed by atoms with Crippen LogP contribution in [-0.2, 0) is 0 Å². The number of nitrogens with zero attached hydrogens (tertiary/aromatic N) is 1. The van der Waals surface area contributed by atoms with Gasteiger partial charge in [0.15, 0.2) is 0 Å². The summed E-state index contributed by atoms with van der Waals surface area (Å²) in [6, 6.07) is 0.614. The van der Waals surface area contributed by atoms with Crippen molar-refractivity contribution in [2.75, 3.05) is 13.6 Å². The number of allylic oxidation sites excluding steroid dienone is 2. The molecule has 0 rings (SSSR count). The van der Waals surface area contributed by atoms with Gasteiger partial charge in [0.1, 0.15) is 0 Å². The smallest absolute Gasteiger partial charge is 0.0192 e. The van der Waals surface area contributed by atoms with Gasteiger partial charge >= 0.3 is 0 Å². The normalized spacial score (nSPS) is 12.7. The monoisotopic (exact) mass is 153 g/mol. The Labute approximate surface area is 70.4 Å². The van der Waals surface area contributed by atoms with E-state index in [2.05, 4.69) is 45.4 Å². The fourth-order valence-corrected chi connectivity index (χ4v) is 0.830. The zero-order valence-corrected chi connectivity index (χ0v) is 8.09. The third-order valence-electron chi connectivity index (χ3n) is 1.78. The van der Waals surface area contributed by atoms with Gasteiger partial charge in [0.25, 0.3) is 0 Å². The lowest BCUT2D eigenvalue weighted by Gasteiger charge is -2.20. The summed E-state index contributed by atoms with van der Waals surface area (Å²) < 4.78 is 0. The molecule has 0 amide bonds. The van der Waals surface area contributed by atoms with Crippen LogP contribution < -0.4 is 0 Å². The van der Waals surface area contributed by atoms with Crippen molar-refractivity contribution in [1.82, 2.24) is 4.90 Å². The maximum atomic E-state index is 3.66. The molecule has 0 saturated heterocycles. The van der Waals surface area contributed by atoms with Crippen molar-refractivity contribution in [2.45, 2.75) is 26.8 Å². The molecule has 1 nitrogen and oxygen atoms in total. The van der Waals surface area contributed by atoms with Crippen LogP contribution in [0.4, 0.5) is 0 Å². The van der Waals surface area contributed by atoms with E-state index in [9.17, 15) is 0 Å². The zero-order valence-electron chi connectivity index (χ0n) is 8.09. The molecular formula is C10H19N. The van der Waals surface area contributed by atoms with E-state index in [-0.39, 0.29) is 0 Å². The van der Waals surface area contributed by atoms with Gasteiger partial charge in [-0.2, -0.15) is 0 Å². The molecule has 0 fully saturated rings. The highest BCUT2D eigenvalue weighted by Gasteiger charge is 2.01. The molecule has 0 N–H and O–H groups in total. The molecule has 0 heterocycles. The zero-order chi connectivity index (χ0) is 8.85. The van der Waals surface area contributed by atoms with E-state index in [4.69, 9.17) is 0 Å². The van der Waals surface area contributed by atoms with Crippen molar-refractivity contribution in [3.8, 4) is 0 Å². The summed E-state index contributed by atoms with van der Waals surface area (Å²) in [7, 11) is 2.13. The van der Waals surface area contributed by atoms with Crippen LogP contribution >= 0.6 is 0 Å². The molecule has 0 saturated carbocycles. The minimum absolute atomic E-state index is 0.614. The van der Waals surface area contributed by atoms with Crippen molar-refractivity contribution < 1.29 is 0 Å². The Morgan fingerprint density at radius 1 is 1.55 bits per heavy atom. The second kappa shape index (κ2) is 5.14. The van der Waals surface area contributed by atoms with Gasteiger partial charge in [-0.3, -0.25) is 0 Å². The number of rotatable bonds is 4. The lowest BCUT2D eigenvalue weighted by Crippen LogP contribution is -2.27. The van der Waals surface area contributed by atoms with Gasteiger partial charge in [-0.15, -0.1) is 0 Å². The molecule has 1 heteroatoms. The Hall–Kier alpha value is -0.560. The van der Waals surface area contributed by atoms with Crippen LogP contribution in [0.5, 0.6) is 0 Å². The fourth-order valence-electron chi connectivity index (χ4n) is 0.830. The predicted octanol–water partition coefficient (Wildman–Crippen LogP) is 2.46. The molecular weight excluding hydrogens is 134 g/mol. The van der Waals surface area contributed by atoms with Crippen molar-refractivity contribution in [2.24, 2.45) is 0 Å². The highest BCUT2D eigenvalue weighted by Crippen LogP contribution is 2.00. The average molecular weight is 153 g/mol. The first-order valence-electron chi connectivity index (χ1n) is 4.06. The van der Waals surface area contributed by atoms with Gasteiger partial charge in [-0.25, -0.2) is 0 Å². The minimum Gasteiger partial charge on any atom is -0.300 e. The highest BCUT2D eigenvalue weighted by atomic mass is 15.1. The summed E-state index contributed by atoms with van der Waals surface area (Å²) >= 11 is 0. The van der Waals surface area contributed by atoms with Crippen LogP contribution in [0.2, 0.25) is 0 Å². The Balaban J connectivity index is 3.84. The van der Waals surface area contributed by atoms with Crippen LogP contribution in [0.25, 0.3) is 0 Å². The molecule has 0 aromatic heterocycles. The highest BCUT2D eigenvalue weighted by molar-refractivity contribution is 5.09. The number of hydrogen-bond acceptors (Lipinski definition) is 1. The first-order valence-corrected chi connectivity index (χ1v) is 4.06. The summed E-state index contributed by atoms with van der Waals surface area (Å²) in [6.07, 6.45) is 3.89. The van der Waals surface area contributed by atoms with Gasteiger partial charge in [-0.05, 0) is 27.8 Å². The van der Waals surface area contributed by atoms with E-state index in [0.29, 0.717) is 6.04 Å². The molecule has 0 spiro atoms. The molecule has 0 aromatic rings. The van der Waals surface area contributed by atoms with Gasteiger partial charge in [-0.1, -0.05) is 24.3 Å². The first kappa shape index (κ1) is 10.4. The van der Waals surface area contributed by atoms with Crippen LogP contribution in [-0.4, -0.2) is 24.5 Å². The molecule has 0 radical (unpaired) electrons. The third-order valence-corrected chi connectivity index (χ3v) is 1.78. The molecule has 0 bridgehead atoms. The maximum absolute atomic E-state index is 3.66. The standard InChI is InChI=1S/C10H19N/c1-6-7-10(4)8-11(5)9(2)3/h6-7,9H,1,8H2,2-5H3/b10-7+. The first-order chi connectivity index (χ1) is 5.07. The quantitative estimate of drug-likeness (QED) is 0.561. The van der Waals surface area contributed by atoms with Crippen molar-refractivity contribution in [3.05, 3.63) is 24.3 Å². The largest absolute Gasteiger partial charge is 0.300 e. The predicted molar refractivity (Wildman–Crippen MR) is 51.7 cm³/mol. The van der Waals surface area contributed by atoms with E-state index < -0.39 is 0 Å². The second-order valence-corrected chi connectivity index (χ2v) is 3.26. The van der Waals surface area contributed by atoms with Gasteiger partial charge in [0.05, 0.1) is 0 Å². The third kappa shape index (κ3) is 4.79. The maximum Gasteiger partial charge on any atom is 0.0192 e. The van der Waals surface area contributed by atoms with Crippen LogP contribution in [0.15, 0.2) is 24.3 Å². The summed E-state index contributed by atoms with van der Waals surface area (Å²) in [6.45, 7) is 11.2.